The van der Waals surface area contributed by atoms with Gasteiger partial charge in [-0.25, -0.2) is 0 Å². The first-order valence-electron chi connectivity index (χ1n) is 24.4. The first kappa shape index (κ1) is 50.4. The number of carbonyl (C=O) groups excluding carboxylic acids is 1. The highest BCUT2D eigenvalue weighted by molar-refractivity contribution is 5.76. The van der Waals surface area contributed by atoms with Crippen molar-refractivity contribution in [1.29, 1.82) is 0 Å². The molecule has 3 aromatic rings. The van der Waals surface area contributed by atoms with Crippen LogP contribution in [-0.4, -0.2) is 30.8 Å². The maximum Gasteiger partial charge on any atom is 0.220 e. The van der Waals surface area contributed by atoms with Gasteiger partial charge in [-0.3, -0.25) is 4.79 Å². The number of unbranched alkanes of at least 4 members (excludes halogenated alkanes) is 22. The van der Waals surface area contributed by atoms with E-state index in [1.165, 1.54) is 122 Å². The molecule has 3 rings (SSSR count). The van der Waals surface area contributed by atoms with Crippen LogP contribution in [0.3, 0.4) is 0 Å². The van der Waals surface area contributed by atoms with Crippen molar-refractivity contribution in [2.24, 2.45) is 0 Å². The Labute approximate surface area is 362 Å². The van der Waals surface area contributed by atoms with Crippen molar-refractivity contribution in [2.45, 2.75) is 219 Å². The number of carbonyl (C=O) groups is 1. The maximum atomic E-state index is 13.7. The van der Waals surface area contributed by atoms with Gasteiger partial charge < -0.3 is 19.5 Å². The smallest absolute Gasteiger partial charge is 0.220 e. The molecule has 5 nitrogen and oxygen atoms in total. The third kappa shape index (κ3) is 26.1. The van der Waals surface area contributed by atoms with Gasteiger partial charge in [-0.1, -0.05) is 253 Å². The van der Waals surface area contributed by atoms with Crippen molar-refractivity contribution in [3.8, 4) is 0 Å². The quantitative estimate of drug-likeness (QED) is 0.0583. The first-order chi connectivity index (χ1) is 29.2. The van der Waals surface area contributed by atoms with Crippen molar-refractivity contribution >= 4 is 5.91 Å². The van der Waals surface area contributed by atoms with Gasteiger partial charge >= 0.3 is 0 Å². The summed E-state index contributed by atoms with van der Waals surface area (Å²) in [5, 5.41) is 3.40. The molecule has 0 aromatic heterocycles. The molecule has 3 atom stereocenters. The van der Waals surface area contributed by atoms with Gasteiger partial charge in [0.1, 0.15) is 6.10 Å². The Kier molecular flexibility index (Phi) is 30.5. The topological polar surface area (TPSA) is 56.8 Å². The second-order valence-electron chi connectivity index (χ2n) is 17.1. The van der Waals surface area contributed by atoms with E-state index in [0.29, 0.717) is 32.8 Å². The molecule has 0 aliphatic heterocycles. The number of amides is 1. The third-order valence-electron chi connectivity index (χ3n) is 11.7. The van der Waals surface area contributed by atoms with Gasteiger partial charge in [-0.2, -0.15) is 0 Å². The van der Waals surface area contributed by atoms with Crippen LogP contribution < -0.4 is 5.32 Å². The van der Waals surface area contributed by atoms with E-state index >= 15 is 0 Å². The molecule has 0 radical (unpaired) electrons. The molecule has 0 saturated heterocycles. The summed E-state index contributed by atoms with van der Waals surface area (Å²) in [4.78, 5) is 13.7. The number of nitrogens with one attached hydrogen (secondary N) is 1. The predicted octanol–water partition coefficient (Wildman–Crippen LogP) is 15.0. The van der Waals surface area contributed by atoms with E-state index in [9.17, 15) is 4.79 Å². The lowest BCUT2D eigenvalue weighted by molar-refractivity contribution is -0.132. The predicted molar refractivity (Wildman–Crippen MR) is 249 cm³/mol. The normalized spacial score (nSPS) is 13.0. The minimum Gasteiger partial charge on any atom is -0.375 e. The van der Waals surface area contributed by atoms with E-state index in [0.717, 1.165) is 55.2 Å². The SMILES string of the molecule is CCCCCCCCCCCCCCCCCCCCCCCC(=O)N[C@@H](COCc1ccccc1)[C@H](OCc1ccccc1)[C@@H](CCCCC)OCc1ccccc1. The number of rotatable bonds is 39. The van der Waals surface area contributed by atoms with Gasteiger partial charge in [-0.05, 0) is 29.5 Å². The summed E-state index contributed by atoms with van der Waals surface area (Å²) >= 11 is 0. The molecule has 0 bridgehead atoms. The Balaban J connectivity index is 1.43. The Morgan fingerprint density at radius 3 is 1.27 bits per heavy atom. The average Bonchev–Trinajstić information content (AvgIpc) is 3.27. The number of benzene rings is 3. The average molecular weight is 812 g/mol. The Bertz CT molecular complexity index is 1350. The molecule has 0 unspecified atom stereocenters. The minimum absolute atomic E-state index is 0.0693. The largest absolute Gasteiger partial charge is 0.375 e. The van der Waals surface area contributed by atoms with Crippen molar-refractivity contribution in [2.75, 3.05) is 6.61 Å². The summed E-state index contributed by atoms with van der Waals surface area (Å²) in [5.74, 6) is 0.0693. The zero-order valence-electron chi connectivity index (χ0n) is 37.7. The molecule has 1 amide bonds. The summed E-state index contributed by atoms with van der Waals surface area (Å²) in [6, 6.07) is 30.5. The number of hydrogen-bond acceptors (Lipinski definition) is 4. The molecule has 3 aromatic carbocycles. The van der Waals surface area contributed by atoms with Crippen molar-refractivity contribution < 1.29 is 19.0 Å². The summed E-state index contributed by atoms with van der Waals surface area (Å²) < 4.78 is 19.9. The molecule has 5 heteroatoms. The first-order valence-corrected chi connectivity index (χ1v) is 24.4. The van der Waals surface area contributed by atoms with Crippen LogP contribution in [0.15, 0.2) is 91.0 Å². The zero-order valence-corrected chi connectivity index (χ0v) is 37.7. The minimum atomic E-state index is -0.379. The molecular formula is C54H85NO4. The lowest BCUT2D eigenvalue weighted by atomic mass is 9.99. The van der Waals surface area contributed by atoms with Crippen molar-refractivity contribution in [3.63, 3.8) is 0 Å². The fraction of sp³-hybridized carbons (Fsp3) is 0.648. The molecule has 330 valence electrons. The molecule has 0 heterocycles. The van der Waals surface area contributed by atoms with Crippen LogP contribution in [0.4, 0.5) is 0 Å². The highest BCUT2D eigenvalue weighted by Gasteiger charge is 2.33. The van der Waals surface area contributed by atoms with Crippen LogP contribution in [0.1, 0.15) is 197 Å². The molecule has 0 aliphatic carbocycles. The van der Waals surface area contributed by atoms with Crippen LogP contribution in [-0.2, 0) is 38.8 Å². The number of ether oxygens (including phenoxy) is 3. The summed E-state index contributed by atoms with van der Waals surface area (Å²) in [6.07, 6.45) is 32.5. The van der Waals surface area contributed by atoms with E-state index in [2.05, 4.69) is 67.7 Å². The second-order valence-corrected chi connectivity index (χ2v) is 17.1. The van der Waals surface area contributed by atoms with Gasteiger partial charge in [0, 0.05) is 6.42 Å². The maximum absolute atomic E-state index is 13.7. The summed E-state index contributed by atoms with van der Waals surface area (Å²) in [7, 11) is 0. The van der Waals surface area contributed by atoms with Gasteiger partial charge in [0.2, 0.25) is 5.91 Å². The Morgan fingerprint density at radius 2 is 0.831 bits per heavy atom. The van der Waals surface area contributed by atoms with Gasteiger partial charge in [0.15, 0.2) is 0 Å². The van der Waals surface area contributed by atoms with Gasteiger partial charge in [0.25, 0.3) is 0 Å². The van der Waals surface area contributed by atoms with E-state index in [1.54, 1.807) is 0 Å². The van der Waals surface area contributed by atoms with Gasteiger partial charge in [0.05, 0.1) is 38.6 Å². The molecule has 0 aliphatic rings. The monoisotopic (exact) mass is 812 g/mol. The van der Waals surface area contributed by atoms with Crippen LogP contribution in [0.2, 0.25) is 0 Å². The van der Waals surface area contributed by atoms with Crippen molar-refractivity contribution in [3.05, 3.63) is 108 Å². The summed E-state index contributed by atoms with van der Waals surface area (Å²) in [5.41, 5.74) is 3.34. The van der Waals surface area contributed by atoms with Crippen LogP contribution in [0, 0.1) is 0 Å². The highest BCUT2D eigenvalue weighted by atomic mass is 16.5. The molecule has 0 saturated carbocycles. The van der Waals surface area contributed by atoms with Crippen LogP contribution in [0.5, 0.6) is 0 Å². The second kappa shape index (κ2) is 35.7. The highest BCUT2D eigenvalue weighted by Crippen LogP contribution is 2.22. The van der Waals surface area contributed by atoms with E-state index in [1.807, 2.05) is 42.5 Å². The molecule has 1 N–H and O–H groups in total. The standard InChI is InChI=1S/C54H85NO4/c1-3-5-7-8-9-10-11-12-13-14-15-16-17-18-19-20-21-22-23-24-35-43-53(56)55-51(47-57-44-48-36-29-25-30-37-48)54(59-46-50-40-33-27-34-41-50)52(42-28-6-4-2)58-45-49-38-31-26-32-39-49/h25-27,29-34,36-41,51-52,54H,3-24,28,35,42-47H2,1-2H3,(H,55,56)/t51-,52+,54-/m0/s1. The van der Waals surface area contributed by atoms with E-state index in [4.69, 9.17) is 14.2 Å². The summed E-state index contributed by atoms with van der Waals surface area (Å²) in [6.45, 7) is 6.28. The van der Waals surface area contributed by atoms with E-state index in [-0.39, 0.29) is 24.2 Å². The fourth-order valence-electron chi connectivity index (χ4n) is 8.06. The molecular weight excluding hydrogens is 727 g/mol. The lowest BCUT2D eigenvalue weighted by Crippen LogP contribution is -2.53. The fourth-order valence-corrected chi connectivity index (χ4v) is 8.06. The van der Waals surface area contributed by atoms with Crippen molar-refractivity contribution in [1.82, 2.24) is 5.32 Å². The van der Waals surface area contributed by atoms with Crippen LogP contribution >= 0.6 is 0 Å². The Morgan fingerprint density at radius 1 is 0.458 bits per heavy atom. The van der Waals surface area contributed by atoms with E-state index < -0.39 is 0 Å². The van der Waals surface area contributed by atoms with Gasteiger partial charge in [-0.15, -0.1) is 0 Å². The number of hydrogen-bond donors (Lipinski definition) is 1. The third-order valence-corrected chi connectivity index (χ3v) is 11.7. The molecule has 0 spiro atoms. The molecule has 59 heavy (non-hydrogen) atoms. The molecule has 0 fully saturated rings. The zero-order chi connectivity index (χ0) is 41.7. The Hall–Kier alpha value is -2.99. The van der Waals surface area contributed by atoms with Crippen LogP contribution in [0.25, 0.3) is 0 Å². The lowest BCUT2D eigenvalue weighted by Gasteiger charge is -2.34.